The third kappa shape index (κ3) is 4.68. The maximum Gasteiger partial charge on any atom is 0.264 e. The average Bonchev–Trinajstić information content (AvgIpc) is 3.55. The van der Waals surface area contributed by atoms with E-state index in [9.17, 15) is 14.7 Å². The summed E-state index contributed by atoms with van der Waals surface area (Å²) >= 11 is 6.39. The highest BCUT2D eigenvalue weighted by Crippen LogP contribution is 2.60. The zero-order valence-corrected chi connectivity index (χ0v) is 23.7. The Hall–Kier alpha value is -2.30. The fraction of sp³-hybridized carbons (Fsp3) is 0.500. The van der Waals surface area contributed by atoms with Crippen LogP contribution in [0.15, 0.2) is 42.5 Å². The molecule has 10 heteroatoms. The Kier molecular flexibility index (Phi) is 7.43. The maximum absolute atomic E-state index is 15.6. The molecule has 0 radical (unpaired) electrons. The molecule has 2 aromatic rings. The third-order valence-corrected chi connectivity index (χ3v) is 11.0. The number of nitrogens with one attached hydrogen (secondary N) is 2. The second kappa shape index (κ2) is 10.4. The Morgan fingerprint density at radius 3 is 2.66 bits per heavy atom. The topological polar surface area (TPSA) is 90.9 Å². The molecular formula is C28H35ClFN3O4Si. The SMILES string of the molecule is C[C@H]1[C@H]([Si](C)(C)F)[C@@H](CCO)O[C@]12C(=O)N(Cc1ccc(NC(=O)[C@H]3CCCN3)cc1)c1ccc(Cl)cc12. The zero-order valence-electron chi connectivity index (χ0n) is 22.0. The van der Waals surface area contributed by atoms with E-state index in [1.807, 2.05) is 37.3 Å². The summed E-state index contributed by atoms with van der Waals surface area (Å²) in [5.74, 6) is -0.714. The molecule has 5 atom stereocenters. The molecule has 2 amide bonds. The molecule has 2 saturated heterocycles. The van der Waals surface area contributed by atoms with Crippen molar-refractivity contribution in [3.05, 3.63) is 58.6 Å². The fourth-order valence-corrected chi connectivity index (χ4v) is 9.30. The number of nitrogens with zero attached hydrogens (tertiary/aromatic N) is 1. The third-order valence-electron chi connectivity index (χ3n) is 8.28. The van der Waals surface area contributed by atoms with Gasteiger partial charge < -0.3 is 29.5 Å². The van der Waals surface area contributed by atoms with Crippen molar-refractivity contribution in [1.82, 2.24) is 5.32 Å². The Morgan fingerprint density at radius 1 is 1.29 bits per heavy atom. The van der Waals surface area contributed by atoms with E-state index in [-0.39, 0.29) is 37.4 Å². The first-order chi connectivity index (χ1) is 18.1. The lowest BCUT2D eigenvalue weighted by Crippen LogP contribution is -2.45. The number of hydrogen-bond acceptors (Lipinski definition) is 5. The molecule has 3 heterocycles. The van der Waals surface area contributed by atoms with Crippen LogP contribution in [0.25, 0.3) is 0 Å². The molecule has 2 aromatic carbocycles. The highest BCUT2D eigenvalue weighted by molar-refractivity contribution is 6.72. The Balaban J connectivity index is 1.43. The lowest BCUT2D eigenvalue weighted by molar-refractivity contribution is -0.146. The standard InChI is InChI=1S/C28H35ClFN3O4Si/c1-17-25(38(2,3)30)24(12-14-34)37-28(17)21-15-19(29)8-11-23(21)33(27(28)36)16-18-6-9-20(10-7-18)32-26(35)22-5-4-13-31-22/h6-11,15,17,22,24-25,31,34H,4-5,12-14,16H2,1-3H3,(H,32,35)/t17-,22+,24+,25-,28+/m0/s1. The molecule has 0 saturated carbocycles. The van der Waals surface area contributed by atoms with E-state index < -0.39 is 31.6 Å². The van der Waals surface area contributed by atoms with Crippen molar-refractivity contribution < 1.29 is 23.5 Å². The smallest absolute Gasteiger partial charge is 0.264 e. The van der Waals surface area contributed by atoms with E-state index >= 15 is 4.11 Å². The van der Waals surface area contributed by atoms with Crippen molar-refractivity contribution in [3.8, 4) is 0 Å². The average molecular weight is 560 g/mol. The maximum atomic E-state index is 15.6. The first-order valence-electron chi connectivity index (χ1n) is 13.3. The molecule has 204 valence electrons. The lowest BCUT2D eigenvalue weighted by Gasteiger charge is -2.31. The van der Waals surface area contributed by atoms with Crippen LogP contribution >= 0.6 is 11.6 Å². The van der Waals surface area contributed by atoms with Crippen LogP contribution in [0.4, 0.5) is 15.5 Å². The first kappa shape index (κ1) is 27.3. The highest BCUT2D eigenvalue weighted by Gasteiger charge is 2.66. The van der Waals surface area contributed by atoms with Crippen LogP contribution in [0, 0.1) is 5.92 Å². The molecule has 5 rings (SSSR count). The molecule has 3 aliphatic rings. The lowest BCUT2D eigenvalue weighted by atomic mass is 9.82. The van der Waals surface area contributed by atoms with Gasteiger partial charge in [-0.3, -0.25) is 9.59 Å². The van der Waals surface area contributed by atoms with Crippen LogP contribution < -0.4 is 15.5 Å². The summed E-state index contributed by atoms with van der Waals surface area (Å²) in [6.07, 6.45) is 1.53. The zero-order chi connectivity index (χ0) is 27.2. The number of carbonyl (C=O) groups is 2. The van der Waals surface area contributed by atoms with Gasteiger partial charge in [-0.15, -0.1) is 0 Å². The van der Waals surface area contributed by atoms with Crippen molar-refractivity contribution in [3.63, 3.8) is 0 Å². The number of amides is 2. The summed E-state index contributed by atoms with van der Waals surface area (Å²) in [6, 6.07) is 12.6. The van der Waals surface area contributed by atoms with Crippen LogP contribution in [0.3, 0.4) is 0 Å². The molecule has 3 aliphatic heterocycles. The van der Waals surface area contributed by atoms with Gasteiger partial charge in [-0.2, -0.15) is 0 Å². The largest absolute Gasteiger partial charge is 0.396 e. The monoisotopic (exact) mass is 559 g/mol. The van der Waals surface area contributed by atoms with Crippen LogP contribution in [0.2, 0.25) is 23.7 Å². The normalized spacial score (nSPS) is 28.8. The van der Waals surface area contributed by atoms with Crippen LogP contribution in [-0.2, 0) is 26.5 Å². The summed E-state index contributed by atoms with van der Waals surface area (Å²) < 4.78 is 22.1. The molecule has 38 heavy (non-hydrogen) atoms. The minimum atomic E-state index is -3.25. The van der Waals surface area contributed by atoms with Crippen molar-refractivity contribution in [1.29, 1.82) is 0 Å². The van der Waals surface area contributed by atoms with Gasteiger partial charge >= 0.3 is 0 Å². The van der Waals surface area contributed by atoms with Crippen molar-refractivity contribution in [2.75, 3.05) is 23.4 Å². The molecule has 1 spiro atoms. The Morgan fingerprint density at radius 2 is 2.03 bits per heavy atom. The minimum Gasteiger partial charge on any atom is -0.396 e. The van der Waals surface area contributed by atoms with Crippen LogP contribution in [-0.4, -0.2) is 50.6 Å². The van der Waals surface area contributed by atoms with E-state index in [1.165, 1.54) is 0 Å². The van der Waals surface area contributed by atoms with Gasteiger partial charge in [-0.1, -0.05) is 30.7 Å². The van der Waals surface area contributed by atoms with Gasteiger partial charge in [0.25, 0.3) is 5.91 Å². The number of carbonyl (C=O) groups excluding carboxylic acids is 2. The molecule has 0 aliphatic carbocycles. The molecule has 3 N–H and O–H groups in total. The Labute approximate surface area is 228 Å². The number of halogens is 2. The van der Waals surface area contributed by atoms with Crippen molar-refractivity contribution >= 4 is 43.2 Å². The molecule has 0 unspecified atom stereocenters. The van der Waals surface area contributed by atoms with E-state index in [4.69, 9.17) is 16.3 Å². The molecular weight excluding hydrogens is 525 g/mol. The quantitative estimate of drug-likeness (QED) is 0.337. The molecule has 0 aromatic heterocycles. The predicted octanol–water partition coefficient (Wildman–Crippen LogP) is 4.73. The summed E-state index contributed by atoms with van der Waals surface area (Å²) in [7, 11) is -3.25. The number of aliphatic hydroxyl groups is 1. The fourth-order valence-electron chi connectivity index (χ4n) is 6.59. The van der Waals surface area contributed by atoms with Gasteiger partial charge in [-0.25, -0.2) is 0 Å². The molecule has 7 nitrogen and oxygen atoms in total. The number of aliphatic hydroxyl groups excluding tert-OH is 1. The second-order valence-electron chi connectivity index (χ2n) is 11.2. The van der Waals surface area contributed by atoms with Gasteiger partial charge in [0.1, 0.15) is 0 Å². The minimum absolute atomic E-state index is 0.0450. The number of rotatable bonds is 7. The van der Waals surface area contributed by atoms with Crippen LogP contribution in [0.5, 0.6) is 0 Å². The summed E-state index contributed by atoms with van der Waals surface area (Å²) in [5.41, 5.74) is 1.10. The van der Waals surface area contributed by atoms with E-state index in [1.54, 1.807) is 30.1 Å². The number of ether oxygens (including phenoxy) is 1. The van der Waals surface area contributed by atoms with Gasteiger partial charge in [0.05, 0.1) is 24.4 Å². The molecule has 2 fully saturated rings. The number of hydrogen-bond donors (Lipinski definition) is 3. The van der Waals surface area contributed by atoms with Crippen molar-refractivity contribution in [2.24, 2.45) is 5.92 Å². The highest BCUT2D eigenvalue weighted by atomic mass is 35.5. The predicted molar refractivity (Wildman–Crippen MR) is 148 cm³/mol. The van der Waals surface area contributed by atoms with Crippen molar-refractivity contribution in [2.45, 2.75) is 69.1 Å². The van der Waals surface area contributed by atoms with E-state index in [0.29, 0.717) is 22.0 Å². The van der Waals surface area contributed by atoms with Gasteiger partial charge in [-0.05, 0) is 74.8 Å². The molecule has 0 bridgehead atoms. The first-order valence-corrected chi connectivity index (χ1v) is 16.6. The Bertz CT molecular complexity index is 1220. The number of benzene rings is 2. The summed E-state index contributed by atoms with van der Waals surface area (Å²) in [5, 5.41) is 16.3. The second-order valence-corrected chi connectivity index (χ2v) is 15.4. The van der Waals surface area contributed by atoms with Gasteiger partial charge in [0.2, 0.25) is 14.3 Å². The van der Waals surface area contributed by atoms with Crippen LogP contribution in [0.1, 0.15) is 37.3 Å². The van der Waals surface area contributed by atoms with Gasteiger partial charge in [0.15, 0.2) is 5.60 Å². The summed E-state index contributed by atoms with van der Waals surface area (Å²) in [6.45, 7) is 6.16. The van der Waals surface area contributed by atoms with E-state index in [0.717, 1.165) is 24.9 Å². The van der Waals surface area contributed by atoms with Gasteiger partial charge in [0, 0.05) is 34.3 Å². The number of anilines is 2. The summed E-state index contributed by atoms with van der Waals surface area (Å²) in [4.78, 5) is 28.3. The number of fused-ring (bicyclic) bond motifs is 2. The van der Waals surface area contributed by atoms with E-state index in [2.05, 4.69) is 10.6 Å².